The Kier molecular flexibility index (Phi) is 4.82. The number of fused-ring (bicyclic) bond motifs is 3. The van der Waals surface area contributed by atoms with Crippen LogP contribution in [0.2, 0.25) is 5.15 Å². The SMILES string of the molecule is O=C(Cn1nc(Cl)ccc1=O)N1CCc2c([nH]c3ccccc23)[C@H]1c1ccccc1F. The molecule has 2 aromatic heterocycles. The molecule has 6 nitrogen and oxygen atoms in total. The monoisotopic (exact) mass is 436 g/mol. The van der Waals surface area contributed by atoms with E-state index in [2.05, 4.69) is 10.1 Å². The normalized spacial score (nSPS) is 15.8. The molecule has 31 heavy (non-hydrogen) atoms. The summed E-state index contributed by atoms with van der Waals surface area (Å²) in [5.74, 6) is -0.732. The smallest absolute Gasteiger partial charge is 0.267 e. The molecule has 1 atom stereocenters. The molecule has 1 aliphatic rings. The van der Waals surface area contributed by atoms with Crippen LogP contribution in [-0.4, -0.2) is 32.1 Å². The molecule has 5 rings (SSSR count). The molecule has 0 bridgehead atoms. The van der Waals surface area contributed by atoms with Gasteiger partial charge in [0.2, 0.25) is 5.91 Å². The molecule has 0 spiro atoms. The Labute approximate surface area is 181 Å². The molecule has 0 fully saturated rings. The lowest BCUT2D eigenvalue weighted by atomic mass is 9.92. The Morgan fingerprint density at radius 3 is 2.74 bits per heavy atom. The number of halogens is 2. The van der Waals surface area contributed by atoms with Crippen molar-refractivity contribution in [1.82, 2.24) is 19.7 Å². The van der Waals surface area contributed by atoms with E-state index in [4.69, 9.17) is 11.6 Å². The fraction of sp³-hybridized carbons (Fsp3) is 0.174. The number of H-pyrrole nitrogens is 1. The molecule has 3 heterocycles. The highest BCUT2D eigenvalue weighted by Gasteiger charge is 2.36. The number of carbonyl (C=O) groups excluding carboxylic acids is 1. The van der Waals surface area contributed by atoms with Gasteiger partial charge < -0.3 is 9.88 Å². The molecular weight excluding hydrogens is 419 g/mol. The van der Waals surface area contributed by atoms with Crippen molar-refractivity contribution in [2.24, 2.45) is 0 Å². The second kappa shape index (κ2) is 7.67. The van der Waals surface area contributed by atoms with Gasteiger partial charge in [0.15, 0.2) is 0 Å². The Morgan fingerprint density at radius 2 is 1.90 bits per heavy atom. The zero-order valence-electron chi connectivity index (χ0n) is 16.4. The lowest BCUT2D eigenvalue weighted by Gasteiger charge is -2.36. The highest BCUT2D eigenvalue weighted by atomic mass is 35.5. The zero-order valence-corrected chi connectivity index (χ0v) is 17.1. The van der Waals surface area contributed by atoms with E-state index < -0.39 is 17.4 Å². The molecule has 1 aliphatic heterocycles. The van der Waals surface area contributed by atoms with Gasteiger partial charge in [0, 0.05) is 34.8 Å². The number of nitrogens with one attached hydrogen (secondary N) is 1. The first-order valence-electron chi connectivity index (χ1n) is 9.90. The summed E-state index contributed by atoms with van der Waals surface area (Å²) in [6.45, 7) is 0.113. The first kappa shape index (κ1) is 19.5. The van der Waals surface area contributed by atoms with Crippen LogP contribution < -0.4 is 5.56 Å². The van der Waals surface area contributed by atoms with E-state index in [0.717, 1.165) is 26.8 Å². The van der Waals surface area contributed by atoms with E-state index in [1.165, 1.54) is 18.2 Å². The van der Waals surface area contributed by atoms with Crippen molar-refractivity contribution < 1.29 is 9.18 Å². The standard InChI is InChI=1S/C23H18ClFN4O2/c24-19-9-10-20(30)29(27-19)13-21(31)28-12-11-15-14-5-2-4-8-18(14)26-22(15)23(28)16-6-1-3-7-17(16)25/h1-10,23,26H,11-13H2/t23-/m1/s1. The summed E-state index contributed by atoms with van der Waals surface area (Å²) in [4.78, 5) is 30.4. The Hall–Kier alpha value is -3.45. The number of hydrogen-bond donors (Lipinski definition) is 1. The second-order valence-electron chi connectivity index (χ2n) is 7.48. The third-order valence-corrected chi connectivity index (χ3v) is 5.88. The van der Waals surface area contributed by atoms with Crippen LogP contribution >= 0.6 is 11.6 Å². The third-order valence-electron chi connectivity index (χ3n) is 5.67. The fourth-order valence-corrected chi connectivity index (χ4v) is 4.44. The summed E-state index contributed by atoms with van der Waals surface area (Å²) in [7, 11) is 0. The summed E-state index contributed by atoms with van der Waals surface area (Å²) in [5.41, 5.74) is 2.78. The number of rotatable bonds is 3. The van der Waals surface area contributed by atoms with Gasteiger partial charge in [-0.15, -0.1) is 0 Å². The van der Waals surface area contributed by atoms with Gasteiger partial charge in [0.05, 0.1) is 0 Å². The number of para-hydroxylation sites is 1. The predicted octanol–water partition coefficient (Wildman–Crippen LogP) is 3.69. The molecule has 4 aromatic rings. The number of carbonyl (C=O) groups is 1. The topological polar surface area (TPSA) is 71.0 Å². The largest absolute Gasteiger partial charge is 0.356 e. The lowest BCUT2D eigenvalue weighted by molar-refractivity contribution is -0.134. The highest BCUT2D eigenvalue weighted by Crippen LogP contribution is 2.39. The van der Waals surface area contributed by atoms with Crippen molar-refractivity contribution in [2.75, 3.05) is 6.54 Å². The van der Waals surface area contributed by atoms with Crippen LogP contribution in [0.4, 0.5) is 4.39 Å². The van der Waals surface area contributed by atoms with Crippen molar-refractivity contribution >= 4 is 28.4 Å². The van der Waals surface area contributed by atoms with Gasteiger partial charge in [-0.3, -0.25) is 9.59 Å². The number of aromatic nitrogens is 3. The van der Waals surface area contributed by atoms with Crippen LogP contribution in [0.5, 0.6) is 0 Å². The first-order chi connectivity index (χ1) is 15.0. The third kappa shape index (κ3) is 3.41. The van der Waals surface area contributed by atoms with Gasteiger partial charge in [-0.05, 0) is 30.2 Å². The van der Waals surface area contributed by atoms with Gasteiger partial charge in [-0.25, -0.2) is 9.07 Å². The average Bonchev–Trinajstić information content (AvgIpc) is 3.15. The van der Waals surface area contributed by atoms with Crippen LogP contribution in [0.3, 0.4) is 0 Å². The maximum absolute atomic E-state index is 14.9. The molecule has 1 amide bonds. The molecule has 8 heteroatoms. The molecule has 156 valence electrons. The van der Waals surface area contributed by atoms with E-state index in [9.17, 15) is 14.0 Å². The van der Waals surface area contributed by atoms with Crippen molar-refractivity contribution in [3.8, 4) is 0 Å². The van der Waals surface area contributed by atoms with E-state index >= 15 is 0 Å². The Balaban J connectivity index is 1.61. The average molecular weight is 437 g/mol. The molecular formula is C23H18ClFN4O2. The molecule has 0 radical (unpaired) electrons. The lowest BCUT2D eigenvalue weighted by Crippen LogP contribution is -2.44. The molecule has 1 N–H and O–H groups in total. The van der Waals surface area contributed by atoms with E-state index in [1.807, 2.05) is 24.3 Å². The maximum atomic E-state index is 14.9. The zero-order chi connectivity index (χ0) is 21.5. The Morgan fingerprint density at radius 1 is 1.13 bits per heavy atom. The number of aromatic amines is 1. The summed E-state index contributed by atoms with van der Waals surface area (Å²) in [5, 5.41) is 5.13. The summed E-state index contributed by atoms with van der Waals surface area (Å²) in [6.07, 6.45) is 0.619. The van der Waals surface area contributed by atoms with Crippen LogP contribution in [0.1, 0.15) is 22.9 Å². The number of nitrogens with zero attached hydrogens (tertiary/aromatic N) is 3. The van der Waals surface area contributed by atoms with Crippen LogP contribution in [-0.2, 0) is 17.8 Å². The highest BCUT2D eigenvalue weighted by molar-refractivity contribution is 6.29. The number of hydrogen-bond acceptors (Lipinski definition) is 3. The minimum Gasteiger partial charge on any atom is -0.356 e. The van der Waals surface area contributed by atoms with Gasteiger partial charge in [-0.2, -0.15) is 5.10 Å². The van der Waals surface area contributed by atoms with Crippen molar-refractivity contribution in [3.63, 3.8) is 0 Å². The molecule has 0 unspecified atom stereocenters. The minimum absolute atomic E-state index is 0.120. The maximum Gasteiger partial charge on any atom is 0.267 e. The van der Waals surface area contributed by atoms with E-state index in [1.54, 1.807) is 23.1 Å². The van der Waals surface area contributed by atoms with E-state index in [0.29, 0.717) is 18.5 Å². The van der Waals surface area contributed by atoms with Gasteiger partial charge >= 0.3 is 0 Å². The predicted molar refractivity (Wildman–Crippen MR) is 115 cm³/mol. The van der Waals surface area contributed by atoms with Crippen molar-refractivity contribution in [1.29, 1.82) is 0 Å². The van der Waals surface area contributed by atoms with E-state index in [-0.39, 0.29) is 17.6 Å². The fourth-order valence-electron chi connectivity index (χ4n) is 4.29. The number of amides is 1. The van der Waals surface area contributed by atoms with Crippen molar-refractivity contribution in [2.45, 2.75) is 19.0 Å². The van der Waals surface area contributed by atoms with Gasteiger partial charge in [0.25, 0.3) is 5.56 Å². The second-order valence-corrected chi connectivity index (χ2v) is 7.86. The minimum atomic E-state index is -0.639. The number of benzene rings is 2. The van der Waals surface area contributed by atoms with Crippen LogP contribution in [0, 0.1) is 5.82 Å². The van der Waals surface area contributed by atoms with Crippen LogP contribution in [0.15, 0.2) is 65.5 Å². The molecule has 2 aromatic carbocycles. The summed E-state index contributed by atoms with van der Waals surface area (Å²) < 4.78 is 15.9. The Bertz CT molecular complexity index is 1360. The summed E-state index contributed by atoms with van der Waals surface area (Å²) in [6, 6.07) is 16.3. The van der Waals surface area contributed by atoms with Gasteiger partial charge in [0.1, 0.15) is 23.6 Å². The van der Waals surface area contributed by atoms with Crippen molar-refractivity contribution in [3.05, 3.63) is 98.8 Å². The first-order valence-corrected chi connectivity index (χ1v) is 10.3. The van der Waals surface area contributed by atoms with Crippen LogP contribution in [0.25, 0.3) is 10.9 Å². The quantitative estimate of drug-likeness (QED) is 0.532. The molecule has 0 saturated carbocycles. The molecule has 0 aliphatic carbocycles. The van der Waals surface area contributed by atoms with Gasteiger partial charge in [-0.1, -0.05) is 48.0 Å². The summed E-state index contributed by atoms with van der Waals surface area (Å²) >= 11 is 5.89. The molecule has 0 saturated heterocycles.